The zero-order valence-corrected chi connectivity index (χ0v) is 20.1. The van der Waals surface area contributed by atoms with Crippen LogP contribution in [0.25, 0.3) is 28.2 Å². The van der Waals surface area contributed by atoms with Gasteiger partial charge in [-0.15, -0.1) is 0 Å². The Morgan fingerprint density at radius 2 is 1.84 bits per heavy atom. The number of carbonyl (C=O) groups excluding carboxylic acids is 2. The van der Waals surface area contributed by atoms with Crippen molar-refractivity contribution in [2.75, 3.05) is 5.73 Å². The van der Waals surface area contributed by atoms with Gasteiger partial charge in [0, 0.05) is 17.4 Å². The van der Waals surface area contributed by atoms with E-state index in [0.29, 0.717) is 34.7 Å². The SMILES string of the molecule is NC(=O)c1ccc(O)c(C=O)c1.Nc1ncccc1-c1nc2ccc(F)nc2n1-c1ccc2c(c1)CCC2. The number of hydrogen-bond acceptors (Lipinski definition) is 7. The van der Waals surface area contributed by atoms with Gasteiger partial charge >= 0.3 is 0 Å². The number of imidazole rings is 1. The first-order chi connectivity index (χ1) is 18.4. The number of anilines is 1. The van der Waals surface area contributed by atoms with Crippen LogP contribution >= 0.6 is 0 Å². The molecule has 10 heteroatoms. The summed E-state index contributed by atoms with van der Waals surface area (Å²) in [6.07, 6.45) is 5.43. The average molecular weight is 511 g/mol. The van der Waals surface area contributed by atoms with Gasteiger partial charge in [0.2, 0.25) is 11.9 Å². The van der Waals surface area contributed by atoms with Crippen molar-refractivity contribution in [1.82, 2.24) is 19.5 Å². The van der Waals surface area contributed by atoms with Crippen molar-refractivity contribution in [3.05, 3.63) is 95.1 Å². The Bertz CT molecular complexity index is 1700. The van der Waals surface area contributed by atoms with Gasteiger partial charge in [0.1, 0.15) is 17.1 Å². The van der Waals surface area contributed by atoms with Gasteiger partial charge in [-0.2, -0.15) is 9.37 Å². The zero-order valence-electron chi connectivity index (χ0n) is 20.1. The molecule has 0 bridgehead atoms. The second-order valence-corrected chi connectivity index (χ2v) is 8.75. The number of aromatic hydroxyl groups is 1. The molecule has 1 aliphatic carbocycles. The maximum Gasteiger partial charge on any atom is 0.248 e. The highest BCUT2D eigenvalue weighted by Gasteiger charge is 2.20. The molecule has 5 N–H and O–H groups in total. The van der Waals surface area contributed by atoms with E-state index < -0.39 is 11.9 Å². The van der Waals surface area contributed by atoms with Crippen LogP contribution in [-0.2, 0) is 12.8 Å². The molecule has 6 rings (SSSR count). The van der Waals surface area contributed by atoms with E-state index >= 15 is 0 Å². The van der Waals surface area contributed by atoms with E-state index in [1.165, 1.54) is 41.8 Å². The average Bonchev–Trinajstić information content (AvgIpc) is 3.53. The van der Waals surface area contributed by atoms with Gasteiger partial charge in [-0.25, -0.2) is 9.97 Å². The van der Waals surface area contributed by atoms with Gasteiger partial charge < -0.3 is 16.6 Å². The number of aromatic nitrogens is 4. The maximum atomic E-state index is 13.9. The maximum absolute atomic E-state index is 13.9. The highest BCUT2D eigenvalue weighted by molar-refractivity contribution is 5.95. The van der Waals surface area contributed by atoms with Gasteiger partial charge in [-0.05, 0) is 85.0 Å². The van der Waals surface area contributed by atoms with E-state index in [2.05, 4.69) is 27.1 Å². The van der Waals surface area contributed by atoms with Crippen LogP contribution in [0.4, 0.5) is 10.2 Å². The fourth-order valence-electron chi connectivity index (χ4n) is 4.47. The number of nitrogens with two attached hydrogens (primary N) is 2. The minimum Gasteiger partial charge on any atom is -0.507 e. The van der Waals surface area contributed by atoms with Crippen molar-refractivity contribution in [2.45, 2.75) is 19.3 Å². The summed E-state index contributed by atoms with van der Waals surface area (Å²) >= 11 is 0. The van der Waals surface area contributed by atoms with E-state index in [4.69, 9.17) is 16.6 Å². The number of benzene rings is 2. The number of hydrogen-bond donors (Lipinski definition) is 3. The number of phenols is 1. The summed E-state index contributed by atoms with van der Waals surface area (Å²) in [6.45, 7) is 0. The number of primary amides is 1. The number of fused-ring (bicyclic) bond motifs is 2. The van der Waals surface area contributed by atoms with E-state index in [-0.39, 0.29) is 16.9 Å². The molecule has 190 valence electrons. The molecule has 38 heavy (non-hydrogen) atoms. The van der Waals surface area contributed by atoms with Crippen LogP contribution < -0.4 is 11.5 Å². The summed E-state index contributed by atoms with van der Waals surface area (Å²) < 4.78 is 15.7. The van der Waals surface area contributed by atoms with Crippen molar-refractivity contribution < 1.29 is 19.1 Å². The third-order valence-corrected chi connectivity index (χ3v) is 6.33. The lowest BCUT2D eigenvalue weighted by molar-refractivity contribution is 0.1000. The van der Waals surface area contributed by atoms with Crippen molar-refractivity contribution >= 4 is 29.2 Å². The Hall–Kier alpha value is -5.12. The molecule has 0 unspecified atom stereocenters. The van der Waals surface area contributed by atoms with Crippen molar-refractivity contribution in [3.63, 3.8) is 0 Å². The van der Waals surface area contributed by atoms with E-state index in [0.717, 1.165) is 18.5 Å². The van der Waals surface area contributed by atoms with Crippen molar-refractivity contribution in [3.8, 4) is 22.8 Å². The van der Waals surface area contributed by atoms with Crippen LogP contribution in [0, 0.1) is 5.95 Å². The Morgan fingerprint density at radius 1 is 1.03 bits per heavy atom. The van der Waals surface area contributed by atoms with Gasteiger partial charge in [0.15, 0.2) is 17.8 Å². The summed E-state index contributed by atoms with van der Waals surface area (Å²) in [5.41, 5.74) is 16.7. The van der Waals surface area contributed by atoms with E-state index in [1.807, 2.05) is 22.8 Å². The smallest absolute Gasteiger partial charge is 0.248 e. The van der Waals surface area contributed by atoms with Crippen LogP contribution in [0.1, 0.15) is 38.3 Å². The monoisotopic (exact) mass is 510 g/mol. The molecule has 9 nitrogen and oxygen atoms in total. The predicted molar refractivity (Wildman–Crippen MR) is 141 cm³/mol. The highest BCUT2D eigenvalue weighted by atomic mass is 19.1. The zero-order chi connectivity index (χ0) is 26.8. The predicted octanol–water partition coefficient (Wildman–Crippen LogP) is 4.00. The van der Waals surface area contributed by atoms with Gasteiger partial charge in [-0.3, -0.25) is 14.2 Å². The summed E-state index contributed by atoms with van der Waals surface area (Å²) in [5, 5.41) is 9.03. The lowest BCUT2D eigenvalue weighted by atomic mass is 10.1. The number of nitrogens with zero attached hydrogens (tertiary/aromatic N) is 4. The minimum atomic E-state index is -0.627. The fraction of sp³-hybridized carbons (Fsp3) is 0.107. The van der Waals surface area contributed by atoms with Crippen LogP contribution in [0.2, 0.25) is 0 Å². The van der Waals surface area contributed by atoms with Crippen LogP contribution in [0.5, 0.6) is 5.75 Å². The molecule has 5 aromatic rings. The first-order valence-corrected chi connectivity index (χ1v) is 11.8. The third-order valence-electron chi connectivity index (χ3n) is 6.33. The number of rotatable bonds is 4. The molecule has 0 atom stereocenters. The molecular weight excluding hydrogens is 487 g/mol. The number of phenolic OH excluding ortho intramolecular Hbond substituents is 1. The van der Waals surface area contributed by atoms with Crippen molar-refractivity contribution in [1.29, 1.82) is 0 Å². The molecule has 0 saturated heterocycles. The molecular formula is C28H23FN6O3. The third kappa shape index (κ3) is 4.66. The highest BCUT2D eigenvalue weighted by Crippen LogP contribution is 2.32. The van der Waals surface area contributed by atoms with E-state index in [1.54, 1.807) is 12.3 Å². The summed E-state index contributed by atoms with van der Waals surface area (Å²) in [4.78, 5) is 33.8. The quantitative estimate of drug-likeness (QED) is 0.244. The fourth-order valence-corrected chi connectivity index (χ4v) is 4.47. The van der Waals surface area contributed by atoms with Crippen LogP contribution in [-0.4, -0.2) is 36.8 Å². The van der Waals surface area contributed by atoms with Gasteiger partial charge in [0.25, 0.3) is 0 Å². The number of carbonyl (C=O) groups is 2. The molecule has 0 aliphatic heterocycles. The molecule has 2 aromatic carbocycles. The number of halogens is 1. The van der Waals surface area contributed by atoms with Gasteiger partial charge in [-0.1, -0.05) is 6.07 Å². The second kappa shape index (κ2) is 10.1. The first-order valence-electron chi connectivity index (χ1n) is 11.8. The van der Waals surface area contributed by atoms with Gasteiger partial charge in [0.05, 0.1) is 11.1 Å². The lowest BCUT2D eigenvalue weighted by Gasteiger charge is -2.11. The Balaban J connectivity index is 0.000000207. The number of amides is 1. The number of aldehydes is 1. The summed E-state index contributed by atoms with van der Waals surface area (Å²) in [6, 6.07) is 16.8. The molecule has 1 amide bonds. The number of pyridine rings is 2. The molecule has 0 spiro atoms. The number of nitrogen functional groups attached to an aromatic ring is 1. The Labute approximate surface area is 216 Å². The molecule has 3 aromatic heterocycles. The lowest BCUT2D eigenvalue weighted by Crippen LogP contribution is -2.10. The molecule has 0 saturated carbocycles. The topological polar surface area (TPSA) is 150 Å². The minimum absolute atomic E-state index is 0.0614. The van der Waals surface area contributed by atoms with Crippen LogP contribution in [0.3, 0.4) is 0 Å². The summed E-state index contributed by atoms with van der Waals surface area (Å²) in [5.74, 6) is -0.328. The molecule has 3 heterocycles. The van der Waals surface area contributed by atoms with Crippen LogP contribution in [0.15, 0.2) is 66.9 Å². The Kier molecular flexibility index (Phi) is 6.53. The molecule has 1 aliphatic rings. The van der Waals surface area contributed by atoms with E-state index in [9.17, 15) is 14.0 Å². The second-order valence-electron chi connectivity index (χ2n) is 8.75. The first kappa shape index (κ1) is 24.6. The largest absolute Gasteiger partial charge is 0.507 e. The number of aryl methyl sites for hydroxylation is 2. The standard InChI is InChI=1S/C20H16FN5.C8H7NO3/c21-17-9-8-16-20(25-17)26(14-7-6-12-3-1-4-13(12)11-14)19(24-16)15-5-2-10-23-18(15)22;9-8(12)5-1-2-7(11)6(3-5)4-10/h2,5-11H,1,3-4H2,(H2,22,23);1-4,11H,(H2,9,12). The molecule has 0 radical (unpaired) electrons. The Morgan fingerprint density at radius 3 is 2.61 bits per heavy atom. The normalized spacial score (nSPS) is 12.0. The van der Waals surface area contributed by atoms with Crippen molar-refractivity contribution in [2.24, 2.45) is 5.73 Å². The molecule has 0 fully saturated rings. The summed E-state index contributed by atoms with van der Waals surface area (Å²) in [7, 11) is 0.